The van der Waals surface area contributed by atoms with Crippen molar-refractivity contribution >= 4 is 5.91 Å². The first kappa shape index (κ1) is 15.2. The highest BCUT2D eigenvalue weighted by Gasteiger charge is 2.16. The first-order valence-corrected chi connectivity index (χ1v) is 7.16. The Labute approximate surface area is 125 Å². The highest BCUT2D eigenvalue weighted by Crippen LogP contribution is 2.10. The molecule has 2 atom stereocenters. The lowest BCUT2D eigenvalue weighted by atomic mass is 10.0. The predicted octanol–water partition coefficient (Wildman–Crippen LogP) is 2.22. The van der Waals surface area contributed by atoms with Crippen LogP contribution in [0.1, 0.15) is 30.5 Å². The Morgan fingerprint density at radius 1 is 1.24 bits per heavy atom. The molecule has 4 nitrogen and oxygen atoms in total. The zero-order valence-corrected chi connectivity index (χ0v) is 12.2. The van der Waals surface area contributed by atoms with E-state index in [1.54, 1.807) is 12.4 Å². The number of hydrogen-bond acceptors (Lipinski definition) is 3. The fraction of sp³-hybridized carbons (Fsp3) is 0.294. The van der Waals surface area contributed by atoms with Crippen LogP contribution in [-0.2, 0) is 11.2 Å². The number of rotatable bonds is 6. The van der Waals surface area contributed by atoms with Crippen molar-refractivity contribution < 1.29 is 4.79 Å². The summed E-state index contributed by atoms with van der Waals surface area (Å²) in [5.41, 5.74) is 8.13. The lowest BCUT2D eigenvalue weighted by molar-refractivity contribution is -0.123. The summed E-state index contributed by atoms with van der Waals surface area (Å²) in [6, 6.07) is 13.3. The molecule has 1 amide bonds. The topological polar surface area (TPSA) is 68.0 Å². The Balaban J connectivity index is 1.82. The third-order valence-corrected chi connectivity index (χ3v) is 3.47. The molecule has 0 radical (unpaired) electrons. The van der Waals surface area contributed by atoms with Gasteiger partial charge >= 0.3 is 0 Å². The maximum Gasteiger partial charge on any atom is 0.237 e. The molecule has 3 N–H and O–H groups in total. The largest absolute Gasteiger partial charge is 0.348 e. The maximum absolute atomic E-state index is 12.1. The summed E-state index contributed by atoms with van der Waals surface area (Å²) in [6.07, 6.45) is 4.90. The molecule has 0 spiro atoms. The Morgan fingerprint density at radius 2 is 2.00 bits per heavy atom. The number of aryl methyl sites for hydroxylation is 1. The fourth-order valence-corrected chi connectivity index (χ4v) is 2.13. The van der Waals surface area contributed by atoms with E-state index in [1.165, 1.54) is 5.56 Å². The molecule has 21 heavy (non-hydrogen) atoms. The first-order valence-electron chi connectivity index (χ1n) is 7.16. The van der Waals surface area contributed by atoms with E-state index < -0.39 is 6.04 Å². The van der Waals surface area contributed by atoms with Crippen molar-refractivity contribution in [1.29, 1.82) is 0 Å². The average Bonchev–Trinajstić information content (AvgIpc) is 2.54. The van der Waals surface area contributed by atoms with Crippen molar-refractivity contribution in [2.75, 3.05) is 0 Å². The van der Waals surface area contributed by atoms with E-state index in [4.69, 9.17) is 5.73 Å². The zero-order valence-electron chi connectivity index (χ0n) is 12.2. The van der Waals surface area contributed by atoms with Gasteiger partial charge in [0.05, 0.1) is 12.1 Å². The molecule has 0 aliphatic carbocycles. The molecule has 0 saturated carbocycles. The van der Waals surface area contributed by atoms with Crippen molar-refractivity contribution in [2.45, 2.75) is 31.8 Å². The molecule has 0 bridgehead atoms. The number of benzene rings is 1. The number of carbonyl (C=O) groups is 1. The van der Waals surface area contributed by atoms with Gasteiger partial charge in [0.2, 0.25) is 5.91 Å². The maximum atomic E-state index is 12.1. The summed E-state index contributed by atoms with van der Waals surface area (Å²) in [7, 11) is 0. The molecular formula is C17H21N3O. The Kier molecular flexibility index (Phi) is 5.46. The summed E-state index contributed by atoms with van der Waals surface area (Å²) in [4.78, 5) is 16.1. The fourth-order valence-electron chi connectivity index (χ4n) is 2.13. The number of nitrogens with zero attached hydrogens (tertiary/aromatic N) is 1. The number of amides is 1. The van der Waals surface area contributed by atoms with Crippen molar-refractivity contribution in [1.82, 2.24) is 10.3 Å². The number of pyridine rings is 1. The number of nitrogens with one attached hydrogen (secondary N) is 1. The normalized spacial score (nSPS) is 13.4. The van der Waals surface area contributed by atoms with E-state index in [9.17, 15) is 4.79 Å². The van der Waals surface area contributed by atoms with Gasteiger partial charge in [-0.2, -0.15) is 0 Å². The van der Waals surface area contributed by atoms with Crippen LogP contribution in [0.2, 0.25) is 0 Å². The van der Waals surface area contributed by atoms with Crippen LogP contribution in [0.25, 0.3) is 0 Å². The molecule has 1 heterocycles. The van der Waals surface area contributed by atoms with Crippen LogP contribution in [0, 0.1) is 0 Å². The third-order valence-electron chi connectivity index (χ3n) is 3.47. The predicted molar refractivity (Wildman–Crippen MR) is 83.5 cm³/mol. The number of carbonyl (C=O) groups excluding carboxylic acids is 1. The molecule has 2 rings (SSSR count). The Hall–Kier alpha value is -2.20. The van der Waals surface area contributed by atoms with Gasteiger partial charge in [-0.25, -0.2) is 0 Å². The minimum absolute atomic E-state index is 0.0889. The molecule has 1 unspecified atom stereocenters. The summed E-state index contributed by atoms with van der Waals surface area (Å²) in [5, 5.41) is 2.93. The first-order chi connectivity index (χ1) is 10.2. The van der Waals surface area contributed by atoms with E-state index >= 15 is 0 Å². The van der Waals surface area contributed by atoms with Crippen molar-refractivity contribution in [3.8, 4) is 0 Å². The van der Waals surface area contributed by atoms with Gasteiger partial charge in [-0.1, -0.05) is 36.4 Å². The van der Waals surface area contributed by atoms with Crippen LogP contribution in [0.15, 0.2) is 54.9 Å². The third kappa shape index (κ3) is 4.68. The smallest absolute Gasteiger partial charge is 0.237 e. The SMILES string of the molecule is C[C@H](NC(=O)C(N)CCc1ccccc1)c1cccnc1. The number of aromatic nitrogens is 1. The van der Waals surface area contributed by atoms with Crippen LogP contribution in [-0.4, -0.2) is 16.9 Å². The highest BCUT2D eigenvalue weighted by atomic mass is 16.2. The summed E-state index contributed by atoms with van der Waals surface area (Å²) < 4.78 is 0. The summed E-state index contributed by atoms with van der Waals surface area (Å²) in [5.74, 6) is -0.123. The molecular weight excluding hydrogens is 262 g/mol. The Morgan fingerprint density at radius 3 is 2.67 bits per heavy atom. The van der Waals surface area contributed by atoms with E-state index in [1.807, 2.05) is 49.4 Å². The van der Waals surface area contributed by atoms with Crippen molar-refractivity contribution in [3.05, 3.63) is 66.0 Å². The van der Waals surface area contributed by atoms with Crippen LogP contribution >= 0.6 is 0 Å². The minimum atomic E-state index is -0.496. The molecule has 0 fully saturated rings. The Bertz CT molecular complexity index is 557. The van der Waals surface area contributed by atoms with Gasteiger partial charge in [0, 0.05) is 12.4 Å². The lowest BCUT2D eigenvalue weighted by Crippen LogP contribution is -2.41. The second kappa shape index (κ2) is 7.55. The van der Waals surface area contributed by atoms with Gasteiger partial charge in [-0.3, -0.25) is 9.78 Å². The molecule has 1 aromatic carbocycles. The van der Waals surface area contributed by atoms with Gasteiger partial charge in [0.25, 0.3) is 0 Å². The molecule has 0 aliphatic rings. The van der Waals surface area contributed by atoms with Crippen LogP contribution in [0.4, 0.5) is 0 Å². The second-order valence-corrected chi connectivity index (χ2v) is 5.15. The molecule has 110 valence electrons. The van der Waals surface area contributed by atoms with Crippen LogP contribution < -0.4 is 11.1 Å². The van der Waals surface area contributed by atoms with E-state index in [0.717, 1.165) is 12.0 Å². The zero-order chi connectivity index (χ0) is 15.1. The molecule has 2 aromatic rings. The number of hydrogen-bond donors (Lipinski definition) is 2. The van der Waals surface area contributed by atoms with Crippen LogP contribution in [0.3, 0.4) is 0 Å². The second-order valence-electron chi connectivity index (χ2n) is 5.15. The molecule has 0 saturated heterocycles. The van der Waals surface area contributed by atoms with Gasteiger partial charge in [-0.05, 0) is 37.0 Å². The lowest BCUT2D eigenvalue weighted by Gasteiger charge is -2.17. The van der Waals surface area contributed by atoms with Gasteiger partial charge in [0.15, 0.2) is 0 Å². The van der Waals surface area contributed by atoms with E-state index in [2.05, 4.69) is 10.3 Å². The van der Waals surface area contributed by atoms with Gasteiger partial charge < -0.3 is 11.1 Å². The molecule has 1 aromatic heterocycles. The molecule has 4 heteroatoms. The summed E-state index contributed by atoms with van der Waals surface area (Å²) in [6.45, 7) is 1.93. The van der Waals surface area contributed by atoms with Gasteiger partial charge in [0.1, 0.15) is 0 Å². The highest BCUT2D eigenvalue weighted by molar-refractivity contribution is 5.81. The minimum Gasteiger partial charge on any atom is -0.348 e. The molecule has 0 aliphatic heterocycles. The monoisotopic (exact) mass is 283 g/mol. The van der Waals surface area contributed by atoms with E-state index in [-0.39, 0.29) is 11.9 Å². The quantitative estimate of drug-likeness (QED) is 0.854. The van der Waals surface area contributed by atoms with Crippen molar-refractivity contribution in [2.24, 2.45) is 5.73 Å². The average molecular weight is 283 g/mol. The van der Waals surface area contributed by atoms with Gasteiger partial charge in [-0.15, -0.1) is 0 Å². The van der Waals surface area contributed by atoms with Crippen molar-refractivity contribution in [3.63, 3.8) is 0 Å². The number of nitrogens with two attached hydrogens (primary N) is 1. The van der Waals surface area contributed by atoms with Crippen LogP contribution in [0.5, 0.6) is 0 Å². The standard InChI is InChI=1S/C17H21N3O/c1-13(15-8-5-11-19-12-15)20-17(21)16(18)10-9-14-6-3-2-4-7-14/h2-8,11-13,16H,9-10,18H2,1H3,(H,20,21)/t13-,16?/m0/s1. The van der Waals surface area contributed by atoms with E-state index in [0.29, 0.717) is 6.42 Å². The summed E-state index contributed by atoms with van der Waals surface area (Å²) >= 11 is 0.